The summed E-state index contributed by atoms with van der Waals surface area (Å²) in [5.41, 5.74) is -2.45. The van der Waals surface area contributed by atoms with Crippen LogP contribution < -0.4 is 0 Å². The molecule has 4 heteroatoms. The van der Waals surface area contributed by atoms with E-state index in [9.17, 15) is 13.9 Å². The van der Waals surface area contributed by atoms with Crippen LogP contribution in [-0.2, 0) is 0 Å². The molecule has 0 amide bonds. The number of likely N-dealkylation sites (tertiary alicyclic amines) is 1. The van der Waals surface area contributed by atoms with Gasteiger partial charge in [0.05, 0.1) is 9.30 Å². The van der Waals surface area contributed by atoms with E-state index >= 15 is 0 Å². The monoisotopic (exact) mass is 196 g/mol. The number of nitrogens with zero attached hydrogens (tertiary/aromatic N) is 1. The molecule has 0 saturated carbocycles. The van der Waals surface area contributed by atoms with Crippen molar-refractivity contribution in [2.45, 2.75) is 13.3 Å². The Balaban J connectivity index is 3.18. The maximum absolute atomic E-state index is 12.8. The average Bonchev–Trinajstić information content (AvgIpc) is 2.13. The predicted molar refractivity (Wildman–Crippen MR) is 46.5 cm³/mol. The Labute approximate surface area is 83.9 Å². The fourth-order valence-electron chi connectivity index (χ4n) is 1.48. The lowest BCUT2D eigenvalue weighted by atomic mass is 9.78. The lowest BCUT2D eigenvalue weighted by Crippen LogP contribution is -2.43. The normalized spacial score (nSPS) is 38.5. The second-order valence-electron chi connectivity index (χ2n) is 3.35. The van der Waals surface area contributed by atoms with Crippen molar-refractivity contribution < 1.29 is 20.7 Å². The standard InChI is InChI=1S/C9H15F2NO/c1-9(6-13)5-12(2)4-3-7(9)8(10)11/h13H,3-6H2,1-2H3/t9-/m0/s1/i2D3,6D2. The van der Waals surface area contributed by atoms with Gasteiger partial charge in [0.1, 0.15) is 0 Å². The second-order valence-corrected chi connectivity index (χ2v) is 3.35. The zero-order chi connectivity index (χ0) is 14.4. The molecule has 0 radical (unpaired) electrons. The van der Waals surface area contributed by atoms with E-state index < -0.39 is 37.1 Å². The minimum absolute atomic E-state index is 0.116. The molecule has 1 aliphatic heterocycles. The van der Waals surface area contributed by atoms with Gasteiger partial charge >= 0.3 is 0 Å². The van der Waals surface area contributed by atoms with E-state index in [0.717, 1.165) is 11.8 Å². The van der Waals surface area contributed by atoms with E-state index in [2.05, 4.69) is 0 Å². The van der Waals surface area contributed by atoms with Gasteiger partial charge in [-0.05, 0) is 13.4 Å². The number of aliphatic hydroxyl groups is 1. The average molecular weight is 196 g/mol. The van der Waals surface area contributed by atoms with Crippen LogP contribution in [-0.4, -0.2) is 36.6 Å². The third kappa shape index (κ3) is 2.06. The minimum Gasteiger partial charge on any atom is -0.395 e. The van der Waals surface area contributed by atoms with Gasteiger partial charge in [0.2, 0.25) is 0 Å². The Morgan fingerprint density at radius 1 is 1.85 bits per heavy atom. The lowest BCUT2D eigenvalue weighted by molar-refractivity contribution is 0.0969. The number of rotatable bonds is 1. The zero-order valence-electron chi connectivity index (χ0n) is 12.3. The Bertz CT molecular complexity index is 361. The van der Waals surface area contributed by atoms with Crippen LogP contribution in [0.3, 0.4) is 0 Å². The van der Waals surface area contributed by atoms with Gasteiger partial charge < -0.3 is 10.0 Å². The summed E-state index contributed by atoms with van der Waals surface area (Å²) in [4.78, 5) is 0.924. The fourth-order valence-corrected chi connectivity index (χ4v) is 1.48. The molecule has 1 fully saturated rings. The van der Waals surface area contributed by atoms with Crippen molar-refractivity contribution >= 4 is 0 Å². The highest BCUT2D eigenvalue weighted by Gasteiger charge is 2.36. The molecule has 0 bridgehead atoms. The first-order valence-corrected chi connectivity index (χ1v) is 3.91. The first kappa shape index (κ1) is 5.41. The molecule has 0 aromatic carbocycles. The summed E-state index contributed by atoms with van der Waals surface area (Å²) in [5.74, 6) is 0. The molecular formula is C9H15F2NO. The van der Waals surface area contributed by atoms with Crippen molar-refractivity contribution in [1.29, 1.82) is 0 Å². The first-order chi connectivity index (χ1) is 7.89. The molecule has 0 aliphatic carbocycles. The van der Waals surface area contributed by atoms with E-state index in [1.165, 1.54) is 0 Å². The highest BCUT2D eigenvalue weighted by atomic mass is 19.3. The van der Waals surface area contributed by atoms with Gasteiger partial charge in [0, 0.05) is 28.2 Å². The summed E-state index contributed by atoms with van der Waals surface area (Å²) in [7, 11) is 0. The van der Waals surface area contributed by atoms with Crippen molar-refractivity contribution in [3.8, 4) is 0 Å². The molecule has 1 aliphatic rings. The molecular weight excluding hydrogens is 176 g/mol. The van der Waals surface area contributed by atoms with Crippen molar-refractivity contribution in [2.24, 2.45) is 5.41 Å². The fraction of sp³-hybridized carbons (Fsp3) is 0.778. The predicted octanol–water partition coefficient (Wildman–Crippen LogP) is 1.47. The quantitative estimate of drug-likeness (QED) is 0.686. The molecule has 1 atom stereocenters. The second kappa shape index (κ2) is 3.72. The van der Waals surface area contributed by atoms with Gasteiger partial charge in [0.15, 0.2) is 0 Å². The summed E-state index contributed by atoms with van der Waals surface area (Å²) < 4.78 is 61.9. The number of hydrogen-bond acceptors (Lipinski definition) is 2. The highest BCUT2D eigenvalue weighted by Crippen LogP contribution is 2.36. The van der Waals surface area contributed by atoms with Crippen LogP contribution in [0.1, 0.15) is 20.2 Å². The lowest BCUT2D eigenvalue weighted by Gasteiger charge is -2.39. The molecule has 2 nitrogen and oxygen atoms in total. The summed E-state index contributed by atoms with van der Waals surface area (Å²) >= 11 is 0. The Hall–Kier alpha value is -0.480. The molecule has 0 spiro atoms. The summed E-state index contributed by atoms with van der Waals surface area (Å²) in [5, 5.41) is 9.46. The van der Waals surface area contributed by atoms with Crippen LogP contribution in [0.5, 0.6) is 0 Å². The van der Waals surface area contributed by atoms with Gasteiger partial charge in [0.25, 0.3) is 6.08 Å². The number of piperidine rings is 1. The minimum atomic E-state index is -2.92. The SMILES string of the molecule is [2H]C([2H])([2H])N1CCC(=C(F)F)[C@](C)(C([2H])([2H])O)C1. The molecule has 1 saturated heterocycles. The van der Waals surface area contributed by atoms with Crippen LogP contribution >= 0.6 is 0 Å². The van der Waals surface area contributed by atoms with Crippen molar-refractivity contribution in [3.63, 3.8) is 0 Å². The van der Waals surface area contributed by atoms with Crippen LogP contribution in [0.4, 0.5) is 8.78 Å². The number of halogens is 2. The molecule has 0 aromatic rings. The zero-order valence-corrected chi connectivity index (χ0v) is 7.27. The van der Waals surface area contributed by atoms with Gasteiger partial charge in [-0.15, -0.1) is 0 Å². The van der Waals surface area contributed by atoms with E-state index in [-0.39, 0.29) is 13.0 Å². The Morgan fingerprint density at radius 3 is 3.00 bits per heavy atom. The topological polar surface area (TPSA) is 23.5 Å². The molecule has 13 heavy (non-hydrogen) atoms. The van der Waals surface area contributed by atoms with Gasteiger partial charge in [-0.25, -0.2) is 0 Å². The van der Waals surface area contributed by atoms with Crippen LogP contribution in [0.25, 0.3) is 0 Å². The first-order valence-electron chi connectivity index (χ1n) is 6.41. The maximum Gasteiger partial charge on any atom is 0.270 e. The third-order valence-electron chi connectivity index (χ3n) is 2.28. The summed E-state index contributed by atoms with van der Waals surface area (Å²) in [6.07, 6.45) is -2.34. The number of hydrogen-bond donors (Lipinski definition) is 1. The Morgan fingerprint density at radius 2 is 2.54 bits per heavy atom. The van der Waals surface area contributed by atoms with Crippen LogP contribution in [0.15, 0.2) is 11.7 Å². The van der Waals surface area contributed by atoms with E-state index in [4.69, 9.17) is 6.85 Å². The van der Waals surface area contributed by atoms with Crippen molar-refractivity contribution in [2.75, 3.05) is 26.6 Å². The van der Waals surface area contributed by atoms with Crippen LogP contribution in [0.2, 0.25) is 0 Å². The van der Waals surface area contributed by atoms with E-state index in [1.807, 2.05) is 0 Å². The maximum atomic E-state index is 12.8. The third-order valence-corrected chi connectivity index (χ3v) is 2.28. The van der Waals surface area contributed by atoms with Gasteiger partial charge in [-0.2, -0.15) is 8.78 Å². The summed E-state index contributed by atoms with van der Waals surface area (Å²) in [6, 6.07) is 0. The molecule has 1 rings (SSSR count). The van der Waals surface area contributed by atoms with E-state index in [1.54, 1.807) is 0 Å². The molecule has 1 N–H and O–H groups in total. The van der Waals surface area contributed by atoms with Gasteiger partial charge in [-0.1, -0.05) is 6.92 Å². The molecule has 0 unspecified atom stereocenters. The smallest absolute Gasteiger partial charge is 0.270 e. The van der Waals surface area contributed by atoms with Crippen LogP contribution in [0, 0.1) is 5.41 Å². The molecule has 0 aromatic heterocycles. The van der Waals surface area contributed by atoms with Gasteiger partial charge in [-0.3, -0.25) is 0 Å². The largest absolute Gasteiger partial charge is 0.395 e. The highest BCUT2D eigenvalue weighted by molar-refractivity contribution is 5.17. The Kier molecular flexibility index (Phi) is 1.55. The summed E-state index contributed by atoms with van der Waals surface area (Å²) in [6.45, 7) is -4.91. The van der Waals surface area contributed by atoms with Crippen molar-refractivity contribution in [1.82, 2.24) is 4.90 Å². The molecule has 1 heterocycles. The van der Waals surface area contributed by atoms with E-state index in [0.29, 0.717) is 0 Å². The molecule has 76 valence electrons. The van der Waals surface area contributed by atoms with Crippen molar-refractivity contribution in [3.05, 3.63) is 11.7 Å².